The quantitative estimate of drug-likeness (QED) is 0.766. The van der Waals surface area contributed by atoms with Gasteiger partial charge in [0.1, 0.15) is 11.6 Å². The van der Waals surface area contributed by atoms with Crippen molar-refractivity contribution in [1.82, 2.24) is 14.8 Å². The molecule has 1 aliphatic rings. The molecular formula is C12H13N3O2. The average molecular weight is 231 g/mol. The minimum atomic E-state index is -0.330. The highest BCUT2D eigenvalue weighted by Crippen LogP contribution is 2.29. The van der Waals surface area contributed by atoms with E-state index in [-0.39, 0.29) is 11.9 Å². The Morgan fingerprint density at radius 1 is 1.24 bits per heavy atom. The summed E-state index contributed by atoms with van der Waals surface area (Å²) < 4.78 is 1.96. The zero-order valence-electron chi connectivity index (χ0n) is 9.24. The molecule has 0 saturated carbocycles. The molecule has 88 valence electrons. The van der Waals surface area contributed by atoms with Crippen LogP contribution in [0.1, 0.15) is 12.2 Å². The summed E-state index contributed by atoms with van der Waals surface area (Å²) in [4.78, 5) is 0. The zero-order valence-corrected chi connectivity index (χ0v) is 9.24. The Morgan fingerprint density at radius 2 is 2.06 bits per heavy atom. The van der Waals surface area contributed by atoms with E-state index in [4.69, 9.17) is 0 Å². The van der Waals surface area contributed by atoms with Gasteiger partial charge in [0.25, 0.3) is 0 Å². The number of aliphatic hydroxyl groups is 1. The topological polar surface area (TPSA) is 71.2 Å². The van der Waals surface area contributed by atoms with Gasteiger partial charge in [0.15, 0.2) is 5.82 Å². The van der Waals surface area contributed by atoms with Crippen LogP contribution in [0.5, 0.6) is 5.75 Å². The minimum absolute atomic E-state index is 0.203. The van der Waals surface area contributed by atoms with E-state index in [0.29, 0.717) is 30.8 Å². The molecular weight excluding hydrogens is 218 g/mol. The van der Waals surface area contributed by atoms with E-state index >= 15 is 0 Å². The highest BCUT2D eigenvalue weighted by molar-refractivity contribution is 5.63. The maximum atomic E-state index is 9.81. The summed E-state index contributed by atoms with van der Waals surface area (Å²) in [6, 6.07) is 7.08. The van der Waals surface area contributed by atoms with Gasteiger partial charge in [0.2, 0.25) is 0 Å². The van der Waals surface area contributed by atoms with Gasteiger partial charge in [-0.15, -0.1) is 10.2 Å². The van der Waals surface area contributed by atoms with E-state index in [1.807, 2.05) is 16.7 Å². The molecule has 0 fully saturated rings. The first-order chi connectivity index (χ1) is 8.25. The van der Waals surface area contributed by atoms with Crippen molar-refractivity contribution < 1.29 is 10.2 Å². The van der Waals surface area contributed by atoms with Gasteiger partial charge in [-0.1, -0.05) is 12.1 Å². The lowest BCUT2D eigenvalue weighted by atomic mass is 10.1. The number of para-hydroxylation sites is 1. The van der Waals surface area contributed by atoms with Gasteiger partial charge in [-0.2, -0.15) is 0 Å². The predicted molar refractivity (Wildman–Crippen MR) is 61.5 cm³/mol. The number of aromatic hydroxyl groups is 1. The molecule has 17 heavy (non-hydrogen) atoms. The summed E-state index contributed by atoms with van der Waals surface area (Å²) in [6.07, 6.45) is 0.899. The fourth-order valence-electron chi connectivity index (χ4n) is 2.17. The third-order valence-electron chi connectivity index (χ3n) is 3.08. The normalized spacial score (nSPS) is 19.0. The SMILES string of the molecule is Oc1ccccc1-c1nnc2n1CCC(O)C2. The Morgan fingerprint density at radius 3 is 2.88 bits per heavy atom. The first-order valence-electron chi connectivity index (χ1n) is 5.64. The molecule has 1 aliphatic heterocycles. The Hall–Kier alpha value is -1.88. The molecule has 5 nitrogen and oxygen atoms in total. The number of aromatic nitrogens is 3. The molecule has 1 aromatic heterocycles. The molecule has 0 radical (unpaired) electrons. The van der Waals surface area contributed by atoms with Crippen molar-refractivity contribution in [1.29, 1.82) is 0 Å². The van der Waals surface area contributed by atoms with Crippen LogP contribution in [0.25, 0.3) is 11.4 Å². The van der Waals surface area contributed by atoms with Crippen molar-refractivity contribution in [3.63, 3.8) is 0 Å². The lowest BCUT2D eigenvalue weighted by Gasteiger charge is -2.19. The first kappa shape index (κ1) is 10.3. The molecule has 1 unspecified atom stereocenters. The second-order valence-electron chi connectivity index (χ2n) is 4.26. The predicted octanol–water partition coefficient (Wildman–Crippen LogP) is 0.958. The van der Waals surface area contributed by atoms with Crippen LogP contribution in [0, 0.1) is 0 Å². The van der Waals surface area contributed by atoms with Gasteiger partial charge in [-0.25, -0.2) is 0 Å². The highest BCUT2D eigenvalue weighted by Gasteiger charge is 2.22. The van der Waals surface area contributed by atoms with E-state index in [2.05, 4.69) is 10.2 Å². The van der Waals surface area contributed by atoms with E-state index in [9.17, 15) is 10.2 Å². The van der Waals surface area contributed by atoms with Gasteiger partial charge in [0, 0.05) is 13.0 Å². The van der Waals surface area contributed by atoms with Crippen LogP contribution in [-0.4, -0.2) is 31.1 Å². The molecule has 2 aromatic rings. The van der Waals surface area contributed by atoms with E-state index in [1.165, 1.54) is 0 Å². The zero-order chi connectivity index (χ0) is 11.8. The number of benzene rings is 1. The van der Waals surface area contributed by atoms with Gasteiger partial charge in [-0.3, -0.25) is 0 Å². The number of nitrogens with zero attached hydrogens (tertiary/aromatic N) is 3. The summed E-state index contributed by atoms with van der Waals surface area (Å²) in [5.74, 6) is 1.65. The lowest BCUT2D eigenvalue weighted by Crippen LogP contribution is -2.23. The Kier molecular flexibility index (Phi) is 2.33. The standard InChI is InChI=1S/C12H13N3O2/c16-8-5-6-15-11(7-8)13-14-12(15)9-3-1-2-4-10(9)17/h1-4,8,16-17H,5-7H2. The Labute approximate surface area is 98.4 Å². The van der Waals surface area contributed by atoms with Gasteiger partial charge in [0.05, 0.1) is 11.7 Å². The van der Waals surface area contributed by atoms with Crippen molar-refractivity contribution >= 4 is 0 Å². The van der Waals surface area contributed by atoms with Crippen molar-refractivity contribution in [3.05, 3.63) is 30.1 Å². The molecule has 0 saturated heterocycles. The third kappa shape index (κ3) is 1.68. The number of phenolic OH excluding ortho intramolecular Hbond substituents is 1. The molecule has 0 aliphatic carbocycles. The summed E-state index contributed by atoms with van der Waals surface area (Å²) in [6.45, 7) is 0.688. The smallest absolute Gasteiger partial charge is 0.167 e. The lowest BCUT2D eigenvalue weighted by molar-refractivity contribution is 0.142. The molecule has 0 amide bonds. The maximum Gasteiger partial charge on any atom is 0.167 e. The molecule has 0 bridgehead atoms. The van der Waals surface area contributed by atoms with Crippen molar-refractivity contribution in [2.24, 2.45) is 0 Å². The van der Waals surface area contributed by atoms with Crippen molar-refractivity contribution in [3.8, 4) is 17.1 Å². The van der Waals surface area contributed by atoms with Gasteiger partial charge in [-0.05, 0) is 18.6 Å². The van der Waals surface area contributed by atoms with E-state index in [1.54, 1.807) is 12.1 Å². The number of phenols is 1. The fourth-order valence-corrected chi connectivity index (χ4v) is 2.17. The molecule has 0 spiro atoms. The summed E-state index contributed by atoms with van der Waals surface area (Å²) in [5, 5.41) is 27.5. The minimum Gasteiger partial charge on any atom is -0.507 e. The number of aliphatic hydroxyl groups excluding tert-OH is 1. The van der Waals surface area contributed by atoms with Crippen molar-refractivity contribution in [2.75, 3.05) is 0 Å². The highest BCUT2D eigenvalue weighted by atomic mass is 16.3. The Bertz CT molecular complexity index is 550. The van der Waals surface area contributed by atoms with Crippen LogP contribution in [0.4, 0.5) is 0 Å². The Balaban J connectivity index is 2.09. The largest absolute Gasteiger partial charge is 0.507 e. The van der Waals surface area contributed by atoms with Crippen LogP contribution in [0.3, 0.4) is 0 Å². The molecule has 2 N–H and O–H groups in total. The van der Waals surface area contributed by atoms with Crippen molar-refractivity contribution in [2.45, 2.75) is 25.5 Å². The average Bonchev–Trinajstić information content (AvgIpc) is 2.72. The third-order valence-corrected chi connectivity index (χ3v) is 3.08. The number of fused-ring (bicyclic) bond motifs is 1. The van der Waals surface area contributed by atoms with E-state index < -0.39 is 0 Å². The van der Waals surface area contributed by atoms with E-state index in [0.717, 1.165) is 5.82 Å². The van der Waals surface area contributed by atoms with Crippen LogP contribution in [-0.2, 0) is 13.0 Å². The molecule has 2 heterocycles. The molecule has 5 heteroatoms. The summed E-state index contributed by atoms with van der Waals surface area (Å²) in [5.41, 5.74) is 0.683. The van der Waals surface area contributed by atoms with Gasteiger partial charge < -0.3 is 14.8 Å². The van der Waals surface area contributed by atoms with Crippen LogP contribution < -0.4 is 0 Å². The first-order valence-corrected chi connectivity index (χ1v) is 5.64. The van der Waals surface area contributed by atoms with Crippen LogP contribution >= 0.6 is 0 Å². The number of rotatable bonds is 1. The molecule has 1 atom stereocenters. The fraction of sp³-hybridized carbons (Fsp3) is 0.333. The number of hydrogen-bond acceptors (Lipinski definition) is 4. The molecule has 1 aromatic carbocycles. The monoisotopic (exact) mass is 231 g/mol. The number of hydrogen-bond donors (Lipinski definition) is 2. The van der Waals surface area contributed by atoms with Crippen LogP contribution in [0.2, 0.25) is 0 Å². The van der Waals surface area contributed by atoms with Gasteiger partial charge >= 0.3 is 0 Å². The summed E-state index contributed by atoms with van der Waals surface area (Å²) in [7, 11) is 0. The summed E-state index contributed by atoms with van der Waals surface area (Å²) >= 11 is 0. The maximum absolute atomic E-state index is 9.81. The second-order valence-corrected chi connectivity index (χ2v) is 4.26. The second kappa shape index (κ2) is 3.85. The molecule has 3 rings (SSSR count). The van der Waals surface area contributed by atoms with Crippen LogP contribution in [0.15, 0.2) is 24.3 Å².